The third kappa shape index (κ3) is 5.55. The van der Waals surface area contributed by atoms with Gasteiger partial charge in [0.25, 0.3) is 0 Å². The van der Waals surface area contributed by atoms with Crippen LogP contribution in [0.2, 0.25) is 0 Å². The quantitative estimate of drug-likeness (QED) is 0.711. The summed E-state index contributed by atoms with van der Waals surface area (Å²) in [6, 6.07) is 6.94. The number of rotatable bonds is 8. The van der Waals surface area contributed by atoms with Gasteiger partial charge in [-0.3, -0.25) is 0 Å². The van der Waals surface area contributed by atoms with Crippen molar-refractivity contribution in [1.82, 2.24) is 5.32 Å². The van der Waals surface area contributed by atoms with Crippen molar-refractivity contribution in [1.29, 1.82) is 0 Å². The smallest absolute Gasteiger partial charge is 0.123 e. The lowest BCUT2D eigenvalue weighted by molar-refractivity contribution is 0.555. The van der Waals surface area contributed by atoms with Gasteiger partial charge in [-0.05, 0) is 55.0 Å². The normalized spacial score (nSPS) is 12.6. The van der Waals surface area contributed by atoms with Crippen LogP contribution in [0.5, 0.6) is 0 Å². The number of likely N-dealkylation sites (N-methyl/N-ethyl adjacent to an activating group) is 1. The van der Waals surface area contributed by atoms with E-state index in [9.17, 15) is 4.39 Å². The molecule has 0 heterocycles. The van der Waals surface area contributed by atoms with Crippen LogP contribution in [0.4, 0.5) is 4.39 Å². The molecule has 96 valence electrons. The Bertz CT molecular complexity index is 300. The minimum Gasteiger partial charge on any atom is -0.316 e. The van der Waals surface area contributed by atoms with Gasteiger partial charge in [-0.15, -0.1) is 0 Å². The maximum atomic E-state index is 12.9. The molecule has 0 fully saturated rings. The average Bonchev–Trinajstić information content (AvgIpc) is 2.35. The van der Waals surface area contributed by atoms with E-state index in [1.807, 2.05) is 23.9 Å². The van der Waals surface area contributed by atoms with Crippen LogP contribution in [-0.2, 0) is 0 Å². The van der Waals surface area contributed by atoms with Crippen molar-refractivity contribution in [2.24, 2.45) is 0 Å². The summed E-state index contributed by atoms with van der Waals surface area (Å²) in [6.45, 7) is 4.08. The zero-order valence-electron chi connectivity index (χ0n) is 10.7. The van der Waals surface area contributed by atoms with Crippen molar-refractivity contribution < 1.29 is 4.39 Å². The van der Waals surface area contributed by atoms with E-state index in [0.717, 1.165) is 13.1 Å². The first-order valence-electron chi connectivity index (χ1n) is 6.23. The van der Waals surface area contributed by atoms with Crippen LogP contribution >= 0.6 is 11.8 Å². The summed E-state index contributed by atoms with van der Waals surface area (Å²) >= 11 is 1.88. The first kappa shape index (κ1) is 14.5. The fraction of sp³-hybridized carbons (Fsp3) is 0.571. The maximum Gasteiger partial charge on any atom is 0.123 e. The lowest BCUT2D eigenvalue weighted by Gasteiger charge is -2.17. The lowest BCUT2D eigenvalue weighted by atomic mass is 9.94. The van der Waals surface area contributed by atoms with E-state index < -0.39 is 0 Å². The molecule has 1 aromatic carbocycles. The lowest BCUT2D eigenvalue weighted by Crippen LogP contribution is -2.21. The summed E-state index contributed by atoms with van der Waals surface area (Å²) in [5.41, 5.74) is 1.24. The summed E-state index contributed by atoms with van der Waals surface area (Å²) in [6.07, 6.45) is 4.52. The minimum absolute atomic E-state index is 0.153. The van der Waals surface area contributed by atoms with Crippen molar-refractivity contribution in [3.05, 3.63) is 35.6 Å². The number of nitrogens with one attached hydrogen (secondary N) is 1. The molecule has 1 aromatic rings. The van der Waals surface area contributed by atoms with Crippen LogP contribution in [0.15, 0.2) is 24.3 Å². The van der Waals surface area contributed by atoms with Gasteiger partial charge >= 0.3 is 0 Å². The van der Waals surface area contributed by atoms with Crippen LogP contribution in [-0.4, -0.2) is 25.1 Å². The Morgan fingerprint density at radius 1 is 1.29 bits per heavy atom. The molecule has 1 unspecified atom stereocenters. The standard InChI is InChI=1S/C14H22FNS/c1-3-16-11-13(5-4-10-17-2)12-6-8-14(15)9-7-12/h6-9,13,16H,3-5,10-11H2,1-2H3. The molecule has 0 amide bonds. The first-order valence-corrected chi connectivity index (χ1v) is 7.62. The van der Waals surface area contributed by atoms with Gasteiger partial charge in [-0.1, -0.05) is 19.1 Å². The molecule has 0 spiro atoms. The third-order valence-electron chi connectivity index (χ3n) is 2.88. The Balaban J connectivity index is 2.57. The zero-order chi connectivity index (χ0) is 12.5. The molecule has 1 nitrogen and oxygen atoms in total. The van der Waals surface area contributed by atoms with Crippen LogP contribution in [0.1, 0.15) is 31.2 Å². The Labute approximate surface area is 108 Å². The van der Waals surface area contributed by atoms with E-state index in [1.165, 1.54) is 24.2 Å². The maximum absolute atomic E-state index is 12.9. The highest BCUT2D eigenvalue weighted by Crippen LogP contribution is 2.21. The molecular formula is C14H22FNS. The molecule has 0 aliphatic heterocycles. The van der Waals surface area contributed by atoms with E-state index in [4.69, 9.17) is 0 Å². The van der Waals surface area contributed by atoms with Crippen molar-refractivity contribution >= 4 is 11.8 Å². The molecule has 17 heavy (non-hydrogen) atoms. The molecule has 0 aromatic heterocycles. The molecule has 0 saturated heterocycles. The summed E-state index contributed by atoms with van der Waals surface area (Å²) in [5, 5.41) is 3.39. The molecule has 0 aliphatic carbocycles. The summed E-state index contributed by atoms with van der Waals surface area (Å²) < 4.78 is 12.9. The topological polar surface area (TPSA) is 12.0 Å². The van der Waals surface area contributed by atoms with Gasteiger partial charge < -0.3 is 5.32 Å². The number of benzene rings is 1. The highest BCUT2D eigenvalue weighted by molar-refractivity contribution is 7.98. The third-order valence-corrected chi connectivity index (χ3v) is 3.58. The second kappa shape index (κ2) is 8.54. The van der Waals surface area contributed by atoms with Gasteiger partial charge in [0.1, 0.15) is 5.82 Å². The van der Waals surface area contributed by atoms with Crippen molar-refractivity contribution in [2.45, 2.75) is 25.7 Å². The van der Waals surface area contributed by atoms with Gasteiger partial charge in [0.05, 0.1) is 0 Å². The number of hydrogen-bond donors (Lipinski definition) is 1. The van der Waals surface area contributed by atoms with E-state index in [1.54, 1.807) is 12.1 Å². The Kier molecular flexibility index (Phi) is 7.29. The predicted octanol–water partition coefficient (Wildman–Crippen LogP) is 3.66. The SMILES string of the molecule is CCNCC(CCCSC)c1ccc(F)cc1. The molecule has 1 atom stereocenters. The van der Waals surface area contributed by atoms with E-state index >= 15 is 0 Å². The van der Waals surface area contributed by atoms with Crippen LogP contribution in [0, 0.1) is 5.82 Å². The molecule has 3 heteroatoms. The minimum atomic E-state index is -0.153. The van der Waals surface area contributed by atoms with Gasteiger partial charge in [0.15, 0.2) is 0 Å². The first-order chi connectivity index (χ1) is 8.27. The summed E-state index contributed by atoms with van der Waals surface area (Å²) in [5.74, 6) is 1.55. The molecule has 0 saturated carbocycles. The second-order valence-corrected chi connectivity index (χ2v) is 5.18. The fourth-order valence-corrected chi connectivity index (χ4v) is 2.37. The highest BCUT2D eigenvalue weighted by atomic mass is 32.2. The second-order valence-electron chi connectivity index (χ2n) is 4.19. The van der Waals surface area contributed by atoms with Crippen LogP contribution in [0.25, 0.3) is 0 Å². The van der Waals surface area contributed by atoms with Gasteiger partial charge in [-0.2, -0.15) is 11.8 Å². The molecular weight excluding hydrogens is 233 g/mol. The molecule has 1 N–H and O–H groups in total. The van der Waals surface area contributed by atoms with Crippen molar-refractivity contribution in [2.75, 3.05) is 25.1 Å². The van der Waals surface area contributed by atoms with E-state index in [-0.39, 0.29) is 5.82 Å². The molecule has 0 bridgehead atoms. The Morgan fingerprint density at radius 3 is 2.59 bits per heavy atom. The Hall–Kier alpha value is -0.540. The largest absolute Gasteiger partial charge is 0.316 e. The average molecular weight is 255 g/mol. The van der Waals surface area contributed by atoms with Gasteiger partial charge in [-0.25, -0.2) is 4.39 Å². The van der Waals surface area contributed by atoms with E-state index in [2.05, 4.69) is 18.5 Å². The summed E-state index contributed by atoms with van der Waals surface area (Å²) in [4.78, 5) is 0. The van der Waals surface area contributed by atoms with E-state index in [0.29, 0.717) is 5.92 Å². The summed E-state index contributed by atoms with van der Waals surface area (Å²) in [7, 11) is 0. The predicted molar refractivity (Wildman–Crippen MR) is 75.3 cm³/mol. The van der Waals surface area contributed by atoms with Crippen molar-refractivity contribution in [3.63, 3.8) is 0 Å². The number of thioether (sulfide) groups is 1. The monoisotopic (exact) mass is 255 g/mol. The molecule has 0 aliphatic rings. The van der Waals surface area contributed by atoms with Gasteiger partial charge in [0, 0.05) is 6.54 Å². The van der Waals surface area contributed by atoms with Gasteiger partial charge in [0.2, 0.25) is 0 Å². The molecule has 0 radical (unpaired) electrons. The Morgan fingerprint density at radius 2 is 2.00 bits per heavy atom. The number of hydrogen-bond acceptors (Lipinski definition) is 2. The van der Waals surface area contributed by atoms with Crippen LogP contribution < -0.4 is 5.32 Å². The molecule has 1 rings (SSSR count). The highest BCUT2D eigenvalue weighted by Gasteiger charge is 2.10. The fourth-order valence-electron chi connectivity index (χ4n) is 1.91. The number of halogens is 1. The van der Waals surface area contributed by atoms with Crippen LogP contribution in [0.3, 0.4) is 0 Å². The van der Waals surface area contributed by atoms with Crippen molar-refractivity contribution in [3.8, 4) is 0 Å². The zero-order valence-corrected chi connectivity index (χ0v) is 11.5.